The molecular formula is C27H43F4O13S2-. The van der Waals surface area contributed by atoms with Crippen LogP contribution in [0.1, 0.15) is 0 Å². The number of halogens is 4. The molecule has 0 fully saturated rings. The highest BCUT2D eigenvalue weighted by Gasteiger charge is 2.26. The van der Waals surface area contributed by atoms with Gasteiger partial charge in [0, 0.05) is 12.9 Å². The summed E-state index contributed by atoms with van der Waals surface area (Å²) in [5.74, 6) is -6.62. The van der Waals surface area contributed by atoms with Gasteiger partial charge in [-0.15, -0.1) is 11.8 Å². The van der Waals surface area contributed by atoms with Crippen molar-refractivity contribution in [2.75, 3.05) is 138 Å². The Bertz CT molecular complexity index is 839. The fraction of sp³-hybridized carbons (Fsp3) is 0.778. The minimum absolute atomic E-state index is 0.0156. The van der Waals surface area contributed by atoms with E-state index in [0.717, 1.165) is 0 Å². The second-order valence-corrected chi connectivity index (χ2v) is 10.3. The zero-order valence-electron chi connectivity index (χ0n) is 25.8. The van der Waals surface area contributed by atoms with E-state index in [2.05, 4.69) is 9.37 Å². The molecular weight excluding hydrogens is 672 g/mol. The fourth-order valence-corrected chi connectivity index (χ4v) is 4.30. The molecule has 0 unspecified atom stereocenters. The van der Waals surface area contributed by atoms with Crippen molar-refractivity contribution in [3.8, 4) is 0 Å². The Morgan fingerprint density at radius 3 is 1.02 bits per heavy atom. The predicted molar refractivity (Wildman–Crippen MR) is 154 cm³/mol. The van der Waals surface area contributed by atoms with Gasteiger partial charge in [0.15, 0.2) is 23.3 Å². The molecule has 0 N–H and O–H groups in total. The first kappa shape index (κ1) is 43.1. The van der Waals surface area contributed by atoms with Gasteiger partial charge in [-0.3, -0.25) is 5.04 Å². The highest BCUT2D eigenvalue weighted by molar-refractivity contribution is 7.99. The van der Waals surface area contributed by atoms with Gasteiger partial charge in [-0.25, -0.2) is 17.6 Å². The largest absolute Gasteiger partial charge is 0.691 e. The molecule has 0 amide bonds. The van der Waals surface area contributed by atoms with E-state index in [1.54, 1.807) is 7.11 Å². The summed E-state index contributed by atoms with van der Waals surface area (Å²) in [4.78, 5) is -2.02. The van der Waals surface area contributed by atoms with E-state index in [-0.39, 0.29) is 37.6 Å². The molecule has 19 heteroatoms. The minimum atomic E-state index is -1.70. The van der Waals surface area contributed by atoms with Crippen molar-refractivity contribution in [2.45, 2.75) is 9.79 Å². The van der Waals surface area contributed by atoms with Crippen LogP contribution in [0.5, 0.6) is 0 Å². The normalized spacial score (nSPS) is 11.6. The molecule has 0 saturated carbocycles. The van der Waals surface area contributed by atoms with Crippen LogP contribution >= 0.6 is 23.8 Å². The Labute approximate surface area is 274 Å². The van der Waals surface area contributed by atoms with Crippen LogP contribution in [-0.2, 0) is 56.7 Å². The van der Waals surface area contributed by atoms with Gasteiger partial charge in [-0.05, 0) is 0 Å². The van der Waals surface area contributed by atoms with Gasteiger partial charge in [0.25, 0.3) is 0 Å². The lowest BCUT2D eigenvalue weighted by Crippen LogP contribution is -2.15. The fourth-order valence-electron chi connectivity index (χ4n) is 3.05. The lowest BCUT2D eigenvalue weighted by atomic mass is 10.3. The van der Waals surface area contributed by atoms with Crippen molar-refractivity contribution in [3.05, 3.63) is 23.3 Å². The van der Waals surface area contributed by atoms with E-state index in [4.69, 9.17) is 47.4 Å². The summed E-state index contributed by atoms with van der Waals surface area (Å²) in [6, 6.07) is 0. The number of ether oxygens (including phenoxy) is 10. The molecule has 0 aliphatic carbocycles. The van der Waals surface area contributed by atoms with Crippen molar-refractivity contribution in [3.63, 3.8) is 0 Å². The number of benzene rings is 1. The van der Waals surface area contributed by atoms with Gasteiger partial charge in [0.05, 0.1) is 142 Å². The monoisotopic (exact) mass is 715 g/mol. The molecule has 0 aliphatic rings. The van der Waals surface area contributed by atoms with Crippen LogP contribution in [0.3, 0.4) is 0 Å². The lowest BCUT2D eigenvalue weighted by Gasteiger charge is -2.11. The molecule has 46 heavy (non-hydrogen) atoms. The Hall–Kier alpha value is -0.880. The second kappa shape index (κ2) is 31.4. The van der Waals surface area contributed by atoms with Crippen molar-refractivity contribution in [1.82, 2.24) is 0 Å². The molecule has 1 aromatic rings. The Morgan fingerprint density at radius 1 is 0.435 bits per heavy atom. The Balaban J connectivity index is 1.81. The summed E-state index contributed by atoms with van der Waals surface area (Å²) in [7, 11) is 1.63. The molecule has 13 nitrogen and oxygen atoms in total. The summed E-state index contributed by atoms with van der Waals surface area (Å²) < 4.78 is 113. The van der Waals surface area contributed by atoms with Gasteiger partial charge in [-0.1, -0.05) is 0 Å². The van der Waals surface area contributed by atoms with Crippen LogP contribution in [0.4, 0.5) is 17.6 Å². The molecule has 0 spiro atoms. The molecule has 1 rings (SSSR count). The molecule has 0 heterocycles. The molecule has 0 radical (unpaired) electrons. The average Bonchev–Trinajstić information content (AvgIpc) is 3.06. The van der Waals surface area contributed by atoms with Crippen molar-refractivity contribution in [1.29, 1.82) is 0 Å². The summed E-state index contributed by atoms with van der Waals surface area (Å²) in [5, 5.41) is 12.7. The number of hydrogen-bond donors (Lipinski definition) is 0. The average molecular weight is 716 g/mol. The van der Waals surface area contributed by atoms with E-state index in [1.165, 1.54) is 0 Å². The first-order chi connectivity index (χ1) is 22.5. The molecule has 270 valence electrons. The number of hydrogen-bond acceptors (Lipinski definition) is 15. The van der Waals surface area contributed by atoms with E-state index in [0.29, 0.717) is 117 Å². The van der Waals surface area contributed by atoms with Crippen LogP contribution in [-0.4, -0.2) is 138 Å². The predicted octanol–water partition coefficient (Wildman–Crippen LogP) is 2.36. The highest BCUT2D eigenvalue weighted by atomic mass is 32.2. The summed E-state index contributed by atoms with van der Waals surface area (Å²) in [6.45, 7) is 7.85. The summed E-state index contributed by atoms with van der Waals surface area (Å²) in [6.07, 6.45) is 0. The van der Waals surface area contributed by atoms with E-state index in [1.807, 2.05) is 0 Å². The molecule has 0 atom stereocenters. The van der Waals surface area contributed by atoms with Crippen LogP contribution < -0.4 is 5.26 Å². The van der Waals surface area contributed by atoms with Gasteiger partial charge in [0.2, 0.25) is 0 Å². The third kappa shape index (κ3) is 21.9. The van der Waals surface area contributed by atoms with Crippen molar-refractivity contribution < 1.29 is 79.6 Å². The van der Waals surface area contributed by atoms with E-state index >= 15 is 0 Å². The summed E-state index contributed by atoms with van der Waals surface area (Å²) in [5.41, 5.74) is 0. The topological polar surface area (TPSA) is 134 Å². The van der Waals surface area contributed by atoms with Crippen LogP contribution in [0, 0.1) is 23.3 Å². The first-order valence-corrected chi connectivity index (χ1v) is 16.1. The first-order valence-electron chi connectivity index (χ1n) is 14.3. The lowest BCUT2D eigenvalue weighted by molar-refractivity contribution is -0.777. The highest BCUT2D eigenvalue weighted by Crippen LogP contribution is 2.36. The van der Waals surface area contributed by atoms with E-state index < -0.39 is 33.1 Å². The Kier molecular flexibility index (Phi) is 29.4. The van der Waals surface area contributed by atoms with Crippen molar-refractivity contribution in [2.24, 2.45) is 0 Å². The van der Waals surface area contributed by atoms with Gasteiger partial charge in [0.1, 0.15) is 4.90 Å². The van der Waals surface area contributed by atoms with Crippen molar-refractivity contribution >= 4 is 23.8 Å². The third-order valence-corrected chi connectivity index (χ3v) is 6.88. The van der Waals surface area contributed by atoms with Crippen LogP contribution in [0.25, 0.3) is 0 Å². The number of methoxy groups -OCH3 is 1. The van der Waals surface area contributed by atoms with E-state index in [9.17, 15) is 22.8 Å². The minimum Gasteiger partial charge on any atom is -0.691 e. The molecule has 0 bridgehead atoms. The summed E-state index contributed by atoms with van der Waals surface area (Å²) >= 11 is 0.255. The molecule has 0 aromatic heterocycles. The van der Waals surface area contributed by atoms with Gasteiger partial charge in [-0.2, -0.15) is 4.33 Å². The second-order valence-electron chi connectivity index (χ2n) is 8.49. The maximum atomic E-state index is 14.1. The SMILES string of the molecule is COCCOCCOCCOCCOCCOCCOCCOCCOCCOCCSc1c(F)c(F)c(SOO[O-])c(F)c1F. The third-order valence-electron chi connectivity index (χ3n) is 5.21. The quantitative estimate of drug-likeness (QED) is 0.0197. The zero-order chi connectivity index (χ0) is 33.5. The van der Waals surface area contributed by atoms with Crippen LogP contribution in [0.15, 0.2) is 9.79 Å². The number of thioether (sulfide) groups is 1. The standard InChI is InChI=1S/C27H44F4O13S2/c1-33-2-3-34-4-5-35-6-7-36-8-9-37-10-11-38-12-13-39-14-15-40-16-17-41-18-19-42-20-21-45-26-22(28)24(30)27(46-44-43-32)25(31)23(26)29/h32H,2-21H2,1H3/p-1. The van der Waals surface area contributed by atoms with Gasteiger partial charge < -0.3 is 52.6 Å². The maximum Gasteiger partial charge on any atom is 0.179 e. The molecule has 1 aromatic carbocycles. The van der Waals surface area contributed by atoms with Gasteiger partial charge >= 0.3 is 0 Å². The maximum absolute atomic E-state index is 14.1. The number of rotatable bonds is 34. The molecule has 0 aliphatic heterocycles. The zero-order valence-corrected chi connectivity index (χ0v) is 27.4. The smallest absolute Gasteiger partial charge is 0.179 e. The van der Waals surface area contributed by atoms with Crippen LogP contribution in [0.2, 0.25) is 0 Å². The molecule has 0 saturated heterocycles. The Morgan fingerprint density at radius 2 is 0.717 bits per heavy atom.